The summed E-state index contributed by atoms with van der Waals surface area (Å²) < 4.78 is 5.53. The minimum atomic E-state index is 0. The first kappa shape index (κ1) is 34.9. The zero-order valence-corrected chi connectivity index (χ0v) is 20.4. The summed E-state index contributed by atoms with van der Waals surface area (Å²) in [5.41, 5.74) is 2.18. The highest BCUT2D eigenvalue weighted by Crippen LogP contribution is 2.08. The number of ketones is 1. The number of carbonyl (C=O) groups is 2. The Morgan fingerprint density at radius 2 is 1.41 bits per heavy atom. The lowest BCUT2D eigenvalue weighted by atomic mass is 10.1. The lowest BCUT2D eigenvalue weighted by Crippen LogP contribution is -2.28. The van der Waals surface area contributed by atoms with Crippen molar-refractivity contribution < 1.29 is 14.3 Å². The molecule has 32 heavy (non-hydrogen) atoms. The molecule has 0 atom stereocenters. The molecule has 0 aliphatic carbocycles. The van der Waals surface area contributed by atoms with Gasteiger partial charge in [0.05, 0.1) is 19.1 Å². The molecule has 2 N–H and O–H groups in total. The molecule has 0 saturated carbocycles. The van der Waals surface area contributed by atoms with Gasteiger partial charge in [0.2, 0.25) is 5.91 Å². The number of nitrogens with one attached hydrogen (secondary N) is 2. The molecule has 5 heteroatoms. The molecular weight excluding hydrogens is 400 g/mol. The fourth-order valence-corrected chi connectivity index (χ4v) is 2.35. The predicted octanol–water partition coefficient (Wildman–Crippen LogP) is 5.80. The zero-order chi connectivity index (χ0) is 23.1. The Kier molecular flexibility index (Phi) is 21.7. The van der Waals surface area contributed by atoms with E-state index in [0.29, 0.717) is 37.2 Å². The Bertz CT molecular complexity index is 593. The van der Waals surface area contributed by atoms with E-state index in [1.54, 1.807) is 0 Å². The van der Waals surface area contributed by atoms with Gasteiger partial charge < -0.3 is 15.4 Å². The molecule has 0 aliphatic heterocycles. The van der Waals surface area contributed by atoms with Crippen molar-refractivity contribution in [3.8, 4) is 0 Å². The maximum atomic E-state index is 11.7. The van der Waals surface area contributed by atoms with Gasteiger partial charge in [-0.1, -0.05) is 80.7 Å². The van der Waals surface area contributed by atoms with E-state index in [0.717, 1.165) is 24.2 Å². The molecular formula is C27H52N2O3. The molecule has 188 valence electrons. The molecule has 0 unspecified atom stereocenters. The van der Waals surface area contributed by atoms with Crippen LogP contribution in [0, 0.1) is 11.8 Å². The lowest BCUT2D eigenvalue weighted by Gasteiger charge is -2.09. The highest BCUT2D eigenvalue weighted by Gasteiger charge is 2.06. The van der Waals surface area contributed by atoms with Gasteiger partial charge in [0.25, 0.3) is 0 Å². The van der Waals surface area contributed by atoms with E-state index in [9.17, 15) is 9.59 Å². The summed E-state index contributed by atoms with van der Waals surface area (Å²) in [7, 11) is 0. The van der Waals surface area contributed by atoms with Crippen molar-refractivity contribution in [3.05, 3.63) is 35.4 Å². The predicted molar refractivity (Wildman–Crippen MR) is 139 cm³/mol. The van der Waals surface area contributed by atoms with E-state index in [4.69, 9.17) is 4.74 Å². The van der Waals surface area contributed by atoms with E-state index >= 15 is 0 Å². The van der Waals surface area contributed by atoms with Crippen molar-refractivity contribution in [1.82, 2.24) is 10.6 Å². The molecule has 0 heterocycles. The second kappa shape index (κ2) is 19.9. The normalized spacial score (nSPS) is 10.4. The zero-order valence-electron chi connectivity index (χ0n) is 20.4. The van der Waals surface area contributed by atoms with Crippen LogP contribution in [0.5, 0.6) is 0 Å². The second-order valence-corrected chi connectivity index (χ2v) is 9.03. The fraction of sp³-hybridized carbons (Fsp3) is 0.704. The average molecular weight is 453 g/mol. The summed E-state index contributed by atoms with van der Waals surface area (Å²) in [5.74, 6) is 1.10. The van der Waals surface area contributed by atoms with Crippen LogP contribution in [0.1, 0.15) is 87.8 Å². The van der Waals surface area contributed by atoms with Gasteiger partial charge in [0.15, 0.2) is 0 Å². The third-order valence-electron chi connectivity index (χ3n) is 4.25. The van der Waals surface area contributed by atoms with Crippen molar-refractivity contribution in [2.75, 3.05) is 13.1 Å². The molecule has 5 nitrogen and oxygen atoms in total. The van der Waals surface area contributed by atoms with Gasteiger partial charge in [0.1, 0.15) is 5.78 Å². The number of hydrogen-bond acceptors (Lipinski definition) is 4. The van der Waals surface area contributed by atoms with Gasteiger partial charge in [-0.15, -0.1) is 0 Å². The van der Waals surface area contributed by atoms with Crippen LogP contribution in [0.4, 0.5) is 0 Å². The minimum absolute atomic E-state index is 0. The van der Waals surface area contributed by atoms with Crippen LogP contribution in [0.2, 0.25) is 0 Å². The van der Waals surface area contributed by atoms with Gasteiger partial charge in [-0.2, -0.15) is 0 Å². The number of rotatable bonds is 12. The summed E-state index contributed by atoms with van der Waals surface area (Å²) >= 11 is 0. The topological polar surface area (TPSA) is 67.4 Å². The smallest absolute Gasteiger partial charge is 0.224 e. The van der Waals surface area contributed by atoms with Crippen molar-refractivity contribution in [2.24, 2.45) is 11.8 Å². The second-order valence-electron chi connectivity index (χ2n) is 9.03. The Morgan fingerprint density at radius 1 is 0.875 bits per heavy atom. The van der Waals surface area contributed by atoms with Crippen molar-refractivity contribution in [2.45, 2.75) is 102 Å². The maximum absolute atomic E-state index is 11.7. The number of Topliss-reactive ketones (excluding diaryl/α,β-unsaturated/α-hetero) is 1. The van der Waals surface area contributed by atoms with Gasteiger partial charge in [-0.3, -0.25) is 9.59 Å². The van der Waals surface area contributed by atoms with Crippen LogP contribution < -0.4 is 10.6 Å². The van der Waals surface area contributed by atoms with Crippen LogP contribution >= 0.6 is 0 Å². The molecule has 1 aromatic rings. The maximum Gasteiger partial charge on any atom is 0.224 e. The van der Waals surface area contributed by atoms with Crippen LogP contribution in [-0.2, 0) is 27.4 Å². The molecule has 0 bridgehead atoms. The number of ether oxygens (including phenoxy) is 1. The number of carbonyl (C=O) groups excluding carboxylic acids is 2. The highest BCUT2D eigenvalue weighted by molar-refractivity contribution is 5.80. The Hall–Kier alpha value is -1.72. The van der Waals surface area contributed by atoms with Crippen LogP contribution in [-0.4, -0.2) is 36.9 Å². The molecule has 0 aliphatic rings. The van der Waals surface area contributed by atoms with E-state index in [1.165, 1.54) is 0 Å². The van der Waals surface area contributed by atoms with Crippen molar-refractivity contribution in [3.63, 3.8) is 0 Å². The standard InChI is InChI=1S/C16H25NO2.C9H19NO.2CH4/c1-12(2)10-17-16(18)9-14-5-7-15(8-6-14)11-19-13(3)4;1-7(2)9(11)5-6-10-8(3)4;;/h5-8,12-13H,9-11H2,1-4H3,(H,17,18);7-8,10H,5-6H2,1-4H3;2*1H4. The van der Waals surface area contributed by atoms with Gasteiger partial charge in [0, 0.05) is 31.5 Å². The highest BCUT2D eigenvalue weighted by atomic mass is 16.5. The van der Waals surface area contributed by atoms with E-state index in [1.807, 2.05) is 52.0 Å². The van der Waals surface area contributed by atoms with E-state index in [-0.39, 0.29) is 32.8 Å². The lowest BCUT2D eigenvalue weighted by molar-refractivity contribution is -0.122. The van der Waals surface area contributed by atoms with Gasteiger partial charge in [-0.25, -0.2) is 0 Å². The van der Waals surface area contributed by atoms with Gasteiger partial charge in [-0.05, 0) is 30.9 Å². The molecule has 1 aromatic carbocycles. The molecule has 1 amide bonds. The van der Waals surface area contributed by atoms with Gasteiger partial charge >= 0.3 is 0 Å². The summed E-state index contributed by atoms with van der Waals surface area (Å²) in [6, 6.07) is 8.51. The monoisotopic (exact) mass is 452 g/mol. The first-order chi connectivity index (χ1) is 14.0. The van der Waals surface area contributed by atoms with E-state index in [2.05, 4.69) is 38.3 Å². The summed E-state index contributed by atoms with van der Waals surface area (Å²) in [6.07, 6.45) is 1.34. The Balaban J connectivity index is -0.000000562. The van der Waals surface area contributed by atoms with Crippen LogP contribution in [0.25, 0.3) is 0 Å². The van der Waals surface area contributed by atoms with Crippen molar-refractivity contribution in [1.29, 1.82) is 0 Å². The number of hydrogen-bond donors (Lipinski definition) is 2. The molecule has 1 rings (SSSR count). The quantitative estimate of drug-likeness (QED) is 0.421. The molecule has 0 radical (unpaired) electrons. The SMILES string of the molecule is C.C.CC(C)CNC(=O)Cc1ccc(COC(C)C)cc1.CC(C)NCCC(=O)C(C)C. The first-order valence-corrected chi connectivity index (χ1v) is 11.2. The molecule has 0 saturated heterocycles. The van der Waals surface area contributed by atoms with Crippen LogP contribution in [0.3, 0.4) is 0 Å². The molecule has 0 spiro atoms. The van der Waals surface area contributed by atoms with E-state index < -0.39 is 0 Å². The fourth-order valence-electron chi connectivity index (χ4n) is 2.35. The Morgan fingerprint density at radius 3 is 1.84 bits per heavy atom. The summed E-state index contributed by atoms with van der Waals surface area (Å²) in [5, 5.41) is 6.13. The number of amides is 1. The Labute approximate surface area is 199 Å². The van der Waals surface area contributed by atoms with Crippen molar-refractivity contribution >= 4 is 11.7 Å². The third kappa shape index (κ3) is 20.2. The minimum Gasteiger partial charge on any atom is -0.374 e. The summed E-state index contributed by atoms with van der Waals surface area (Å²) in [4.78, 5) is 22.8. The average Bonchev–Trinajstić information content (AvgIpc) is 2.66. The largest absolute Gasteiger partial charge is 0.374 e. The number of benzene rings is 1. The molecule has 0 fully saturated rings. The summed E-state index contributed by atoms with van der Waals surface area (Å²) in [6.45, 7) is 18.4. The van der Waals surface area contributed by atoms with Crippen LogP contribution in [0.15, 0.2) is 24.3 Å². The first-order valence-electron chi connectivity index (χ1n) is 11.2. The third-order valence-corrected chi connectivity index (χ3v) is 4.25. The molecule has 0 aromatic heterocycles.